The third kappa shape index (κ3) is 3.72. The molecule has 1 aromatic heterocycles. The molecule has 3 N–H and O–H groups in total. The second-order valence-corrected chi connectivity index (χ2v) is 11.5. The van der Waals surface area contributed by atoms with E-state index in [9.17, 15) is 15.0 Å². The molecule has 0 radical (unpaired) electrons. The van der Waals surface area contributed by atoms with Crippen LogP contribution in [0.25, 0.3) is 0 Å². The number of aliphatic hydroxyl groups is 2. The van der Waals surface area contributed by atoms with Gasteiger partial charge in [0.2, 0.25) is 12.7 Å². The van der Waals surface area contributed by atoms with Crippen LogP contribution in [-0.2, 0) is 17.8 Å². The van der Waals surface area contributed by atoms with Crippen LogP contribution in [0.5, 0.6) is 11.5 Å². The van der Waals surface area contributed by atoms with Gasteiger partial charge in [-0.3, -0.25) is 4.79 Å². The van der Waals surface area contributed by atoms with Crippen LogP contribution in [0.3, 0.4) is 0 Å². The Kier molecular flexibility index (Phi) is 5.66. The molecule has 0 spiro atoms. The minimum absolute atomic E-state index is 0.0204. The van der Waals surface area contributed by atoms with E-state index in [4.69, 9.17) is 14.5 Å². The Morgan fingerprint density at radius 2 is 2.09 bits per heavy atom. The van der Waals surface area contributed by atoms with Crippen LogP contribution in [0.1, 0.15) is 60.2 Å². The quantitative estimate of drug-likeness (QED) is 0.617. The monoisotopic (exact) mass is 472 g/mol. The van der Waals surface area contributed by atoms with Crippen molar-refractivity contribution < 1.29 is 24.5 Å². The summed E-state index contributed by atoms with van der Waals surface area (Å²) in [6.45, 7) is 6.80. The maximum atomic E-state index is 13.2. The first kappa shape index (κ1) is 22.6. The standard InChI is InChI=1S/C25H32N2O5S/c1-14-27-23-16(9-22(30)26-11-15-4-5-17-18(8-15)32-13-31-17)24(2)7-6-21(29)25(3,12-28)20(24)10-19(23)33-14/h4-5,8,16,20-21,28-29H,6-7,9-13H2,1-3H3,(H,26,30). The van der Waals surface area contributed by atoms with E-state index >= 15 is 0 Å². The van der Waals surface area contributed by atoms with Crippen molar-refractivity contribution in [3.63, 3.8) is 0 Å². The number of nitrogens with one attached hydrogen (secondary N) is 1. The lowest BCUT2D eigenvalue weighted by Crippen LogP contribution is -2.57. The lowest BCUT2D eigenvalue weighted by atomic mass is 9.47. The van der Waals surface area contributed by atoms with Crippen LogP contribution in [-0.4, -0.2) is 40.6 Å². The molecular formula is C25H32N2O5S. The molecule has 7 nitrogen and oxygen atoms in total. The van der Waals surface area contributed by atoms with Gasteiger partial charge >= 0.3 is 0 Å². The lowest BCUT2D eigenvalue weighted by molar-refractivity contribution is -0.144. The maximum Gasteiger partial charge on any atom is 0.231 e. The summed E-state index contributed by atoms with van der Waals surface area (Å²) < 4.78 is 10.8. The smallest absolute Gasteiger partial charge is 0.231 e. The Balaban J connectivity index is 1.38. The zero-order chi connectivity index (χ0) is 23.4. The Morgan fingerprint density at radius 1 is 1.30 bits per heavy atom. The van der Waals surface area contributed by atoms with E-state index in [0.29, 0.717) is 25.1 Å². The van der Waals surface area contributed by atoms with E-state index in [1.54, 1.807) is 11.3 Å². The zero-order valence-electron chi connectivity index (χ0n) is 19.4. The van der Waals surface area contributed by atoms with E-state index < -0.39 is 11.5 Å². The lowest BCUT2D eigenvalue weighted by Gasteiger charge is -2.58. The Morgan fingerprint density at radius 3 is 2.88 bits per heavy atom. The number of ether oxygens (including phenoxy) is 2. The van der Waals surface area contributed by atoms with Gasteiger partial charge in [-0.15, -0.1) is 11.3 Å². The first-order chi connectivity index (χ1) is 15.7. The van der Waals surface area contributed by atoms with E-state index in [1.165, 1.54) is 4.88 Å². The third-order valence-corrected chi connectivity index (χ3v) is 9.33. The molecule has 1 saturated carbocycles. The van der Waals surface area contributed by atoms with E-state index in [1.807, 2.05) is 32.0 Å². The molecule has 33 heavy (non-hydrogen) atoms. The van der Waals surface area contributed by atoms with Gasteiger partial charge in [0.15, 0.2) is 11.5 Å². The van der Waals surface area contributed by atoms with Gasteiger partial charge in [0.25, 0.3) is 0 Å². The fourth-order valence-corrected chi connectivity index (χ4v) is 7.32. The fraction of sp³-hybridized carbons (Fsp3) is 0.600. The number of aromatic nitrogens is 1. The topological polar surface area (TPSA) is 101 Å². The molecule has 0 bridgehead atoms. The molecule has 0 saturated heterocycles. The average molecular weight is 473 g/mol. The number of hydrogen-bond donors (Lipinski definition) is 3. The fourth-order valence-electron chi connectivity index (χ4n) is 6.28. The largest absolute Gasteiger partial charge is 0.454 e. The minimum atomic E-state index is -0.593. The molecule has 5 rings (SSSR count). The predicted molar refractivity (Wildman–Crippen MR) is 124 cm³/mol. The molecule has 5 atom stereocenters. The van der Waals surface area contributed by atoms with Crippen molar-refractivity contribution >= 4 is 17.2 Å². The summed E-state index contributed by atoms with van der Waals surface area (Å²) >= 11 is 1.68. The minimum Gasteiger partial charge on any atom is -0.454 e. The normalized spacial score (nSPS) is 32.2. The van der Waals surface area contributed by atoms with Crippen molar-refractivity contribution in [2.24, 2.45) is 16.7 Å². The van der Waals surface area contributed by atoms with Crippen LogP contribution in [0, 0.1) is 23.7 Å². The van der Waals surface area contributed by atoms with Crippen LogP contribution in [0.15, 0.2) is 18.2 Å². The second-order valence-electron chi connectivity index (χ2n) is 10.2. The molecule has 5 unspecified atom stereocenters. The van der Waals surface area contributed by atoms with Crippen LogP contribution >= 0.6 is 11.3 Å². The van der Waals surface area contributed by atoms with Crippen molar-refractivity contribution in [2.75, 3.05) is 13.4 Å². The first-order valence-electron chi connectivity index (χ1n) is 11.6. The molecule has 2 aliphatic carbocycles. The zero-order valence-corrected chi connectivity index (χ0v) is 20.2. The number of amides is 1. The second kappa shape index (κ2) is 8.25. The number of nitrogens with zero attached hydrogens (tertiary/aromatic N) is 1. The number of aliphatic hydroxyl groups excluding tert-OH is 2. The van der Waals surface area contributed by atoms with Crippen LogP contribution in [0.2, 0.25) is 0 Å². The van der Waals surface area contributed by atoms with Gasteiger partial charge in [-0.1, -0.05) is 19.9 Å². The molecule has 3 aliphatic rings. The Bertz CT molecular complexity index is 1070. The highest BCUT2D eigenvalue weighted by molar-refractivity contribution is 7.11. The number of aryl methyl sites for hydroxylation is 1. The first-order valence-corrected chi connectivity index (χ1v) is 12.5. The highest BCUT2D eigenvalue weighted by Gasteiger charge is 2.59. The van der Waals surface area contributed by atoms with E-state index in [2.05, 4.69) is 12.2 Å². The van der Waals surface area contributed by atoms with Crippen molar-refractivity contribution in [1.82, 2.24) is 10.3 Å². The third-order valence-electron chi connectivity index (χ3n) is 8.32. The summed E-state index contributed by atoms with van der Waals surface area (Å²) in [6, 6.07) is 5.70. The van der Waals surface area contributed by atoms with E-state index in [0.717, 1.165) is 34.9 Å². The van der Waals surface area contributed by atoms with Gasteiger partial charge in [0.1, 0.15) is 0 Å². The Labute approximate surface area is 198 Å². The summed E-state index contributed by atoms with van der Waals surface area (Å²) in [6.07, 6.45) is 2.02. The summed E-state index contributed by atoms with van der Waals surface area (Å²) in [5, 5.41) is 25.2. The number of carbonyl (C=O) groups excluding carboxylic acids is 1. The highest BCUT2D eigenvalue weighted by Crippen LogP contribution is 2.62. The number of thiazole rings is 1. The molecular weight excluding hydrogens is 440 g/mol. The van der Waals surface area contributed by atoms with Gasteiger partial charge < -0.3 is 25.0 Å². The maximum absolute atomic E-state index is 13.2. The number of benzene rings is 1. The number of hydrogen-bond acceptors (Lipinski definition) is 7. The van der Waals surface area contributed by atoms with Gasteiger partial charge in [-0.25, -0.2) is 4.98 Å². The van der Waals surface area contributed by atoms with Gasteiger partial charge in [-0.2, -0.15) is 0 Å². The van der Waals surface area contributed by atoms with Crippen molar-refractivity contribution in [3.8, 4) is 11.5 Å². The molecule has 1 aromatic carbocycles. The molecule has 1 fully saturated rings. The van der Waals surface area contributed by atoms with Gasteiger partial charge in [0, 0.05) is 29.2 Å². The number of fused-ring (bicyclic) bond motifs is 3. The molecule has 178 valence electrons. The molecule has 2 aromatic rings. The van der Waals surface area contributed by atoms with Gasteiger partial charge in [-0.05, 0) is 55.2 Å². The molecule has 8 heteroatoms. The summed E-state index contributed by atoms with van der Waals surface area (Å²) in [7, 11) is 0. The number of carbonyl (C=O) groups is 1. The average Bonchev–Trinajstić information content (AvgIpc) is 3.41. The molecule has 1 amide bonds. The van der Waals surface area contributed by atoms with Crippen LogP contribution in [0.4, 0.5) is 0 Å². The number of rotatable bonds is 5. The van der Waals surface area contributed by atoms with Crippen LogP contribution < -0.4 is 14.8 Å². The highest BCUT2D eigenvalue weighted by atomic mass is 32.1. The van der Waals surface area contributed by atoms with Crippen molar-refractivity contribution in [3.05, 3.63) is 39.3 Å². The molecule has 1 aliphatic heterocycles. The predicted octanol–water partition coefficient (Wildman–Crippen LogP) is 3.30. The summed E-state index contributed by atoms with van der Waals surface area (Å²) in [5.41, 5.74) is 1.18. The van der Waals surface area contributed by atoms with E-state index in [-0.39, 0.29) is 36.6 Å². The van der Waals surface area contributed by atoms with Crippen molar-refractivity contribution in [2.45, 2.75) is 65.0 Å². The van der Waals surface area contributed by atoms with Crippen molar-refractivity contribution in [1.29, 1.82) is 0 Å². The van der Waals surface area contributed by atoms with Gasteiger partial charge in [0.05, 0.1) is 23.4 Å². The SMILES string of the molecule is Cc1nc2c(s1)CC1C(C)(CO)C(O)CCC1(C)C2CC(=O)NCc1ccc2c(c1)OCO2. The Hall–Kier alpha value is -2.16. The molecule has 2 heterocycles. The summed E-state index contributed by atoms with van der Waals surface area (Å²) in [4.78, 5) is 19.2. The summed E-state index contributed by atoms with van der Waals surface area (Å²) in [5.74, 6) is 1.44.